The number of carbonyl (C=O) groups is 2. The van der Waals surface area contributed by atoms with E-state index >= 15 is 0 Å². The van der Waals surface area contributed by atoms with E-state index in [4.69, 9.17) is 15.2 Å². The third kappa shape index (κ3) is 8.64. The molecule has 0 aliphatic carbocycles. The van der Waals surface area contributed by atoms with Crippen LogP contribution < -0.4 is 16.4 Å². The lowest BCUT2D eigenvalue weighted by Gasteiger charge is -2.31. The molecule has 210 valence electrons. The number of guanidine groups is 1. The summed E-state index contributed by atoms with van der Waals surface area (Å²) in [6, 6.07) is 9.50. The Morgan fingerprint density at radius 2 is 1.85 bits per heavy atom. The molecule has 11 heteroatoms. The minimum absolute atomic E-state index is 0.228. The standard InChI is InChI=1S/C28H38N6O4S/c1-4-37-26(35)23-19(3)34-22(25(27(36)38-5-2)24(23)20-10-7-6-8-11-20)17-39-15-14-32-28(29)31-13-9-12-21-16-30-18-33-21/h6-8,10-11,16,18,24,34H,4-5,9,12-15,17H2,1-3H3,(H,30,33)(H3,29,31,32). The summed E-state index contributed by atoms with van der Waals surface area (Å²) >= 11 is 1.64. The number of nitrogens with zero attached hydrogens (tertiary/aromatic N) is 2. The average molecular weight is 555 g/mol. The van der Waals surface area contributed by atoms with E-state index in [0.29, 0.717) is 41.6 Å². The molecule has 2 heterocycles. The summed E-state index contributed by atoms with van der Waals surface area (Å²) < 4.78 is 10.8. The SMILES string of the molecule is CCOC(=O)C1=C(C)NC(CSCCNC(N)=NCCCc2cnc[nH]2)=C(C(=O)OCC)C1c1ccccc1. The summed E-state index contributed by atoms with van der Waals surface area (Å²) in [4.78, 5) is 37.7. The van der Waals surface area contributed by atoms with Crippen LogP contribution in [0.15, 0.2) is 70.4 Å². The van der Waals surface area contributed by atoms with E-state index in [1.165, 1.54) is 0 Å². The number of H-pyrrole nitrogens is 1. The van der Waals surface area contributed by atoms with Crippen molar-refractivity contribution in [2.75, 3.05) is 37.8 Å². The molecular formula is C28H38N6O4S. The summed E-state index contributed by atoms with van der Waals surface area (Å²) in [5.74, 6) is 0.165. The number of thioether (sulfide) groups is 1. The number of dihydropyridines is 1. The van der Waals surface area contributed by atoms with E-state index in [-0.39, 0.29) is 13.2 Å². The molecule has 1 aromatic heterocycles. The Morgan fingerprint density at radius 1 is 1.13 bits per heavy atom. The van der Waals surface area contributed by atoms with Gasteiger partial charge in [0, 0.05) is 47.9 Å². The van der Waals surface area contributed by atoms with Crippen molar-refractivity contribution in [3.8, 4) is 0 Å². The van der Waals surface area contributed by atoms with Crippen molar-refractivity contribution in [1.29, 1.82) is 0 Å². The van der Waals surface area contributed by atoms with Gasteiger partial charge in [-0.1, -0.05) is 30.3 Å². The first-order valence-electron chi connectivity index (χ1n) is 13.1. The number of aryl methyl sites for hydroxylation is 1. The van der Waals surface area contributed by atoms with Crippen molar-refractivity contribution in [2.45, 2.75) is 39.5 Å². The number of aliphatic imine (C=N–C) groups is 1. The van der Waals surface area contributed by atoms with Crippen molar-refractivity contribution in [3.05, 3.63) is 76.7 Å². The zero-order valence-electron chi connectivity index (χ0n) is 22.8. The molecule has 0 spiro atoms. The van der Waals surface area contributed by atoms with Crippen molar-refractivity contribution in [3.63, 3.8) is 0 Å². The lowest BCUT2D eigenvalue weighted by Crippen LogP contribution is -2.35. The van der Waals surface area contributed by atoms with Crippen LogP contribution in [0, 0.1) is 0 Å². The van der Waals surface area contributed by atoms with Crippen LogP contribution in [0.25, 0.3) is 0 Å². The highest BCUT2D eigenvalue weighted by Crippen LogP contribution is 2.39. The van der Waals surface area contributed by atoms with Crippen LogP contribution in [0.2, 0.25) is 0 Å². The maximum atomic E-state index is 13.2. The Morgan fingerprint density at radius 3 is 2.51 bits per heavy atom. The van der Waals surface area contributed by atoms with Crippen LogP contribution in [-0.4, -0.2) is 65.7 Å². The summed E-state index contributed by atoms with van der Waals surface area (Å²) in [5, 5.41) is 6.44. The molecule has 3 rings (SSSR count). The Hall–Kier alpha value is -3.73. The molecule has 0 fully saturated rings. The molecule has 0 bridgehead atoms. The molecule has 0 saturated heterocycles. The molecular weight excluding hydrogens is 516 g/mol. The maximum Gasteiger partial charge on any atom is 0.336 e. The summed E-state index contributed by atoms with van der Waals surface area (Å²) in [6.07, 6.45) is 5.22. The molecule has 0 saturated carbocycles. The fraction of sp³-hybridized carbons (Fsp3) is 0.429. The van der Waals surface area contributed by atoms with Gasteiger partial charge in [0.15, 0.2) is 5.96 Å². The monoisotopic (exact) mass is 554 g/mol. The second-order valence-electron chi connectivity index (χ2n) is 8.77. The fourth-order valence-electron chi connectivity index (χ4n) is 4.29. The minimum atomic E-state index is -0.594. The van der Waals surface area contributed by atoms with Crippen LogP contribution in [0.3, 0.4) is 0 Å². The van der Waals surface area contributed by atoms with Gasteiger partial charge in [0.05, 0.1) is 36.6 Å². The molecule has 10 nitrogen and oxygen atoms in total. The molecule has 1 aromatic carbocycles. The van der Waals surface area contributed by atoms with E-state index in [1.807, 2.05) is 43.5 Å². The van der Waals surface area contributed by atoms with Crippen molar-refractivity contribution in [2.24, 2.45) is 10.7 Å². The lowest BCUT2D eigenvalue weighted by atomic mass is 9.80. The van der Waals surface area contributed by atoms with Crippen LogP contribution >= 0.6 is 11.8 Å². The number of carbonyl (C=O) groups excluding carboxylic acids is 2. The highest BCUT2D eigenvalue weighted by Gasteiger charge is 2.38. The van der Waals surface area contributed by atoms with Crippen LogP contribution in [0.1, 0.15) is 44.4 Å². The number of esters is 2. The third-order valence-electron chi connectivity index (χ3n) is 6.01. The van der Waals surface area contributed by atoms with Crippen LogP contribution in [0.4, 0.5) is 0 Å². The Labute approximate surface area is 233 Å². The zero-order chi connectivity index (χ0) is 28.0. The number of allylic oxidation sites excluding steroid dienone is 1. The van der Waals surface area contributed by atoms with Crippen molar-refractivity contribution >= 4 is 29.7 Å². The van der Waals surface area contributed by atoms with Crippen molar-refractivity contribution in [1.82, 2.24) is 20.6 Å². The van der Waals surface area contributed by atoms with Gasteiger partial charge in [0.25, 0.3) is 0 Å². The summed E-state index contributed by atoms with van der Waals surface area (Å²) in [5.41, 5.74) is 10.1. The normalized spacial score (nSPS) is 15.7. The van der Waals surface area contributed by atoms with Gasteiger partial charge in [0.1, 0.15) is 0 Å². The number of imidazole rings is 1. The summed E-state index contributed by atoms with van der Waals surface area (Å²) in [6.45, 7) is 7.07. The molecule has 39 heavy (non-hydrogen) atoms. The van der Waals surface area contributed by atoms with Gasteiger partial charge >= 0.3 is 11.9 Å². The van der Waals surface area contributed by atoms with Gasteiger partial charge < -0.3 is 30.8 Å². The topological polar surface area (TPSA) is 144 Å². The minimum Gasteiger partial charge on any atom is -0.463 e. The van der Waals surface area contributed by atoms with E-state index in [1.54, 1.807) is 31.9 Å². The predicted octanol–water partition coefficient (Wildman–Crippen LogP) is 3.02. The van der Waals surface area contributed by atoms with E-state index < -0.39 is 17.9 Å². The van der Waals surface area contributed by atoms with Gasteiger partial charge in [-0.15, -0.1) is 0 Å². The molecule has 2 aromatic rings. The highest BCUT2D eigenvalue weighted by molar-refractivity contribution is 7.99. The number of hydrogen-bond donors (Lipinski definition) is 4. The zero-order valence-corrected chi connectivity index (χ0v) is 23.6. The molecule has 1 aliphatic rings. The number of rotatable bonds is 14. The number of nitrogens with one attached hydrogen (secondary N) is 3. The number of aromatic nitrogens is 2. The van der Waals surface area contributed by atoms with E-state index in [9.17, 15) is 9.59 Å². The number of benzene rings is 1. The average Bonchev–Trinajstić information content (AvgIpc) is 3.45. The first-order valence-corrected chi connectivity index (χ1v) is 14.3. The number of ether oxygens (including phenoxy) is 2. The molecule has 1 aliphatic heterocycles. The largest absolute Gasteiger partial charge is 0.463 e. The maximum absolute atomic E-state index is 13.2. The van der Waals surface area contributed by atoms with E-state index in [2.05, 4.69) is 25.6 Å². The summed E-state index contributed by atoms with van der Waals surface area (Å²) in [7, 11) is 0. The van der Waals surface area contributed by atoms with Gasteiger partial charge in [0.2, 0.25) is 0 Å². The van der Waals surface area contributed by atoms with Crippen molar-refractivity contribution < 1.29 is 19.1 Å². The Balaban J connectivity index is 1.67. The fourth-order valence-corrected chi connectivity index (χ4v) is 5.11. The highest BCUT2D eigenvalue weighted by atomic mass is 32.2. The first kappa shape index (κ1) is 29.8. The van der Waals surface area contributed by atoms with Gasteiger partial charge in [-0.2, -0.15) is 11.8 Å². The number of hydrogen-bond acceptors (Lipinski definition) is 8. The predicted molar refractivity (Wildman–Crippen MR) is 154 cm³/mol. The Bertz CT molecular complexity index is 1180. The number of nitrogens with two attached hydrogens (primary N) is 1. The van der Waals surface area contributed by atoms with Crippen LogP contribution in [0.5, 0.6) is 0 Å². The third-order valence-corrected chi connectivity index (χ3v) is 6.99. The van der Waals surface area contributed by atoms with Gasteiger partial charge in [-0.3, -0.25) is 4.99 Å². The molecule has 1 unspecified atom stereocenters. The van der Waals surface area contributed by atoms with E-state index in [0.717, 1.165) is 35.5 Å². The molecule has 0 amide bonds. The second kappa shape index (κ2) is 15.6. The molecule has 5 N–H and O–H groups in total. The lowest BCUT2D eigenvalue weighted by molar-refractivity contribution is -0.139. The molecule has 0 radical (unpaired) electrons. The molecule has 1 atom stereocenters. The van der Waals surface area contributed by atoms with Gasteiger partial charge in [-0.25, -0.2) is 14.6 Å². The quantitative estimate of drug-likeness (QED) is 0.120. The first-order chi connectivity index (χ1) is 19.0. The van der Waals surface area contributed by atoms with Gasteiger partial charge in [-0.05, 0) is 39.2 Å². The Kier molecular flexibility index (Phi) is 11.9. The number of aromatic amines is 1. The second-order valence-corrected chi connectivity index (χ2v) is 9.87. The smallest absolute Gasteiger partial charge is 0.336 e. The van der Waals surface area contributed by atoms with Crippen LogP contribution in [-0.2, 0) is 25.5 Å².